The summed E-state index contributed by atoms with van der Waals surface area (Å²) in [6, 6.07) is 10.9. The first-order chi connectivity index (χ1) is 12.6. The Hall–Kier alpha value is -2.24. The SMILES string of the molecule is CCNC(=NCCNC(=O)C(C)C)NC1CCCN(c2ccccc2)C1. The number of para-hydroxylation sites is 1. The number of anilines is 1. The lowest BCUT2D eigenvalue weighted by Gasteiger charge is -2.35. The van der Waals surface area contributed by atoms with E-state index in [1.54, 1.807) is 0 Å². The first-order valence-corrected chi connectivity index (χ1v) is 9.72. The largest absolute Gasteiger partial charge is 0.369 e. The van der Waals surface area contributed by atoms with Crippen molar-refractivity contribution in [1.82, 2.24) is 16.0 Å². The molecule has 1 aliphatic heterocycles. The molecule has 0 aromatic heterocycles. The Kier molecular flexibility index (Phi) is 8.25. The molecule has 144 valence electrons. The van der Waals surface area contributed by atoms with Crippen LogP contribution in [0.3, 0.4) is 0 Å². The highest BCUT2D eigenvalue weighted by atomic mass is 16.1. The maximum atomic E-state index is 11.6. The highest BCUT2D eigenvalue weighted by molar-refractivity contribution is 5.80. The van der Waals surface area contributed by atoms with E-state index in [1.807, 2.05) is 13.8 Å². The number of hydrogen-bond acceptors (Lipinski definition) is 3. The Bertz CT molecular complexity index is 573. The monoisotopic (exact) mass is 359 g/mol. The number of piperidine rings is 1. The van der Waals surface area contributed by atoms with E-state index in [0.29, 0.717) is 19.1 Å². The molecule has 2 rings (SSSR count). The molecule has 6 heteroatoms. The van der Waals surface area contributed by atoms with Gasteiger partial charge in [0.05, 0.1) is 6.54 Å². The first-order valence-electron chi connectivity index (χ1n) is 9.72. The normalized spacial score (nSPS) is 17.9. The lowest BCUT2D eigenvalue weighted by atomic mass is 10.1. The second-order valence-corrected chi connectivity index (χ2v) is 6.97. The van der Waals surface area contributed by atoms with Gasteiger partial charge in [0.25, 0.3) is 0 Å². The van der Waals surface area contributed by atoms with Crippen LogP contribution in [0, 0.1) is 5.92 Å². The van der Waals surface area contributed by atoms with E-state index < -0.39 is 0 Å². The van der Waals surface area contributed by atoms with E-state index in [9.17, 15) is 4.79 Å². The molecule has 1 atom stereocenters. The van der Waals surface area contributed by atoms with Crippen LogP contribution in [0.15, 0.2) is 35.3 Å². The fraction of sp³-hybridized carbons (Fsp3) is 0.600. The molecular weight excluding hydrogens is 326 g/mol. The standard InChI is InChI=1S/C20H33N5O/c1-4-21-20(23-13-12-22-19(26)16(2)3)24-17-9-8-14-25(15-17)18-10-6-5-7-11-18/h5-7,10-11,16-17H,4,8-9,12-15H2,1-3H3,(H,22,26)(H2,21,23,24). The summed E-state index contributed by atoms with van der Waals surface area (Å²) in [5.41, 5.74) is 1.28. The molecule has 1 amide bonds. The number of nitrogens with one attached hydrogen (secondary N) is 3. The Labute approximate surface area is 157 Å². The van der Waals surface area contributed by atoms with E-state index in [0.717, 1.165) is 38.4 Å². The number of rotatable bonds is 7. The molecule has 0 saturated carbocycles. The maximum Gasteiger partial charge on any atom is 0.222 e. The Morgan fingerprint density at radius 3 is 2.73 bits per heavy atom. The van der Waals surface area contributed by atoms with Crippen molar-refractivity contribution >= 4 is 17.6 Å². The summed E-state index contributed by atoms with van der Waals surface area (Å²) in [5, 5.41) is 9.76. The molecule has 0 radical (unpaired) electrons. The molecule has 0 bridgehead atoms. The van der Waals surface area contributed by atoms with Gasteiger partial charge in [0.15, 0.2) is 5.96 Å². The zero-order valence-corrected chi connectivity index (χ0v) is 16.3. The van der Waals surface area contributed by atoms with Gasteiger partial charge < -0.3 is 20.9 Å². The van der Waals surface area contributed by atoms with Crippen LogP contribution in [0.25, 0.3) is 0 Å². The van der Waals surface area contributed by atoms with Gasteiger partial charge in [-0.1, -0.05) is 32.0 Å². The predicted molar refractivity (Wildman–Crippen MR) is 109 cm³/mol. The van der Waals surface area contributed by atoms with Gasteiger partial charge >= 0.3 is 0 Å². The highest BCUT2D eigenvalue weighted by Crippen LogP contribution is 2.19. The summed E-state index contributed by atoms with van der Waals surface area (Å²) >= 11 is 0. The van der Waals surface area contributed by atoms with E-state index in [2.05, 4.69) is 63.1 Å². The Morgan fingerprint density at radius 1 is 1.27 bits per heavy atom. The quantitative estimate of drug-likeness (QED) is 0.396. The average molecular weight is 360 g/mol. The minimum Gasteiger partial charge on any atom is -0.369 e. The number of hydrogen-bond donors (Lipinski definition) is 3. The third-order valence-corrected chi connectivity index (χ3v) is 4.43. The fourth-order valence-electron chi connectivity index (χ4n) is 3.03. The van der Waals surface area contributed by atoms with Gasteiger partial charge in [-0.3, -0.25) is 9.79 Å². The topological polar surface area (TPSA) is 68.8 Å². The summed E-state index contributed by atoms with van der Waals surface area (Å²) in [5.74, 6) is 0.909. The van der Waals surface area contributed by atoms with Gasteiger partial charge in [-0.05, 0) is 31.9 Å². The number of carbonyl (C=O) groups is 1. The molecule has 1 fully saturated rings. The number of guanidine groups is 1. The van der Waals surface area contributed by atoms with Gasteiger partial charge in [-0.15, -0.1) is 0 Å². The second-order valence-electron chi connectivity index (χ2n) is 6.97. The summed E-state index contributed by atoms with van der Waals surface area (Å²) < 4.78 is 0. The van der Waals surface area contributed by atoms with Crippen molar-refractivity contribution in [3.05, 3.63) is 30.3 Å². The zero-order valence-electron chi connectivity index (χ0n) is 16.3. The molecule has 3 N–H and O–H groups in total. The van der Waals surface area contributed by atoms with Gasteiger partial charge in [0.1, 0.15) is 0 Å². The Morgan fingerprint density at radius 2 is 2.04 bits per heavy atom. The summed E-state index contributed by atoms with van der Waals surface area (Å²) in [6.07, 6.45) is 2.30. The van der Waals surface area contributed by atoms with Gasteiger partial charge in [-0.25, -0.2) is 0 Å². The van der Waals surface area contributed by atoms with Crippen LogP contribution in [0.4, 0.5) is 5.69 Å². The maximum absolute atomic E-state index is 11.6. The number of aliphatic imine (C=N–C) groups is 1. The van der Waals surface area contributed by atoms with Crippen molar-refractivity contribution in [2.45, 2.75) is 39.7 Å². The Balaban J connectivity index is 1.85. The van der Waals surface area contributed by atoms with E-state index in [-0.39, 0.29) is 11.8 Å². The van der Waals surface area contributed by atoms with Crippen molar-refractivity contribution in [1.29, 1.82) is 0 Å². The van der Waals surface area contributed by atoms with E-state index in [1.165, 1.54) is 5.69 Å². The molecule has 26 heavy (non-hydrogen) atoms. The average Bonchev–Trinajstić information content (AvgIpc) is 2.66. The molecule has 0 spiro atoms. The molecule has 0 aliphatic carbocycles. The van der Waals surface area contributed by atoms with Crippen LogP contribution in [-0.4, -0.2) is 50.6 Å². The van der Waals surface area contributed by atoms with Crippen LogP contribution in [0.5, 0.6) is 0 Å². The lowest BCUT2D eigenvalue weighted by molar-refractivity contribution is -0.123. The molecule has 1 unspecified atom stereocenters. The van der Waals surface area contributed by atoms with Crippen molar-refractivity contribution in [2.75, 3.05) is 37.6 Å². The van der Waals surface area contributed by atoms with Crippen LogP contribution in [0.2, 0.25) is 0 Å². The molecular formula is C20H33N5O. The van der Waals surface area contributed by atoms with Gasteiger partial charge in [-0.2, -0.15) is 0 Å². The van der Waals surface area contributed by atoms with Crippen LogP contribution < -0.4 is 20.9 Å². The molecule has 1 aliphatic rings. The minimum atomic E-state index is 0.0107. The molecule has 1 heterocycles. The molecule has 1 saturated heterocycles. The smallest absolute Gasteiger partial charge is 0.222 e. The number of nitrogens with zero attached hydrogens (tertiary/aromatic N) is 2. The molecule has 1 aromatic rings. The van der Waals surface area contributed by atoms with Crippen LogP contribution >= 0.6 is 0 Å². The number of benzene rings is 1. The van der Waals surface area contributed by atoms with Gasteiger partial charge in [0, 0.05) is 43.8 Å². The van der Waals surface area contributed by atoms with Crippen LogP contribution in [-0.2, 0) is 4.79 Å². The van der Waals surface area contributed by atoms with Gasteiger partial charge in [0.2, 0.25) is 5.91 Å². The second kappa shape index (κ2) is 10.7. The summed E-state index contributed by atoms with van der Waals surface area (Å²) in [7, 11) is 0. The summed E-state index contributed by atoms with van der Waals surface area (Å²) in [4.78, 5) is 18.6. The number of amides is 1. The lowest BCUT2D eigenvalue weighted by Crippen LogP contribution is -2.51. The predicted octanol–water partition coefficient (Wildman–Crippen LogP) is 1.98. The minimum absolute atomic E-state index is 0.0107. The third-order valence-electron chi connectivity index (χ3n) is 4.43. The van der Waals surface area contributed by atoms with E-state index >= 15 is 0 Å². The van der Waals surface area contributed by atoms with Crippen molar-refractivity contribution in [3.8, 4) is 0 Å². The van der Waals surface area contributed by atoms with Crippen molar-refractivity contribution in [3.63, 3.8) is 0 Å². The highest BCUT2D eigenvalue weighted by Gasteiger charge is 2.20. The molecule has 1 aromatic carbocycles. The van der Waals surface area contributed by atoms with Crippen molar-refractivity contribution < 1.29 is 4.79 Å². The van der Waals surface area contributed by atoms with E-state index in [4.69, 9.17) is 0 Å². The summed E-state index contributed by atoms with van der Waals surface area (Å²) in [6.45, 7) is 9.87. The van der Waals surface area contributed by atoms with Crippen LogP contribution in [0.1, 0.15) is 33.6 Å². The van der Waals surface area contributed by atoms with Crippen molar-refractivity contribution in [2.24, 2.45) is 10.9 Å². The number of carbonyl (C=O) groups excluding carboxylic acids is 1. The zero-order chi connectivity index (χ0) is 18.8. The molecule has 6 nitrogen and oxygen atoms in total. The first kappa shape index (κ1) is 20.1. The fourth-order valence-corrected chi connectivity index (χ4v) is 3.03. The third kappa shape index (κ3) is 6.58.